The van der Waals surface area contributed by atoms with Crippen LogP contribution in [0.25, 0.3) is 0 Å². The molecule has 51 nitrogen and oxygen atoms in total. The second kappa shape index (κ2) is 46.5. The Labute approximate surface area is 732 Å². The fourth-order valence-electron chi connectivity index (χ4n) is 16.4. The minimum absolute atomic E-state index is 0.0320. The Balaban J connectivity index is 0.749. The van der Waals surface area contributed by atoms with E-state index < -0.39 is 357 Å². The molecule has 128 heavy (non-hydrogen) atoms. The molecule has 23 rings (SSSR count). The van der Waals surface area contributed by atoms with Gasteiger partial charge in [0, 0.05) is 26.1 Å². The molecule has 0 radical (unpaired) electrons. The van der Waals surface area contributed by atoms with Gasteiger partial charge in [-0.05, 0) is 71.1 Å². The van der Waals surface area contributed by atoms with Crippen LogP contribution in [-0.2, 0) is 114 Å². The van der Waals surface area contributed by atoms with Crippen LogP contribution in [0.2, 0.25) is 0 Å². The molecule has 0 aliphatic carbocycles. The van der Waals surface area contributed by atoms with Gasteiger partial charge < -0.3 is 215 Å². The van der Waals surface area contributed by atoms with E-state index >= 15 is 0 Å². The molecule has 0 aromatic heterocycles. The van der Waals surface area contributed by atoms with E-state index in [4.69, 9.17) is 75.8 Å². The van der Waals surface area contributed by atoms with Crippen molar-refractivity contribution >= 4 is 47.3 Å². The quantitative estimate of drug-likeness (QED) is 0.0188. The molecule has 23 aliphatic rings. The van der Waals surface area contributed by atoms with Crippen molar-refractivity contribution in [3.8, 4) is 0 Å². The third-order valence-corrected chi connectivity index (χ3v) is 23.3. The number of unbranched alkanes of at least 4 members (excludes halogenated alkanes) is 2. The van der Waals surface area contributed by atoms with Gasteiger partial charge in [-0.1, -0.05) is 34.1 Å². The van der Waals surface area contributed by atoms with Crippen LogP contribution < -0.4 is 31.9 Å². The van der Waals surface area contributed by atoms with E-state index in [0.717, 1.165) is 0 Å². The second-order valence-corrected chi connectivity index (χ2v) is 35.0. The molecular weight excluding hydrogens is 1730 g/mol. The highest BCUT2D eigenvalue weighted by Crippen LogP contribution is 2.40. The first-order valence-corrected chi connectivity index (χ1v) is 42.8. The highest BCUT2D eigenvalue weighted by molar-refractivity contribution is 5.99. The van der Waals surface area contributed by atoms with Crippen LogP contribution in [0.15, 0.2) is 0 Å². The average Bonchev–Trinajstić information content (AvgIpc) is 1.22. The Morgan fingerprint density at radius 1 is 0.367 bits per heavy atom. The number of carbonyl (C=O) groups is 8. The third kappa shape index (κ3) is 25.5. The SMILES string of the molecule is CC(C)CC(NC(=O)C1OC1C(=O)NC(CC(C)C)C(=O)N1CCCC1C(=O)OC(C)(C)C)C(=O)NCC(=O)NCC(=O)NCCCCCC(=O)NCC1OC2OC3C(CO)OC(OC4C(CO)OC(OC5C(CO)OC(OC6C(CO)OC(OC7C(CO)OC(OC8C(CO)OC(OC1C(O)C2O)C(O)C8O)C(O)C7O)C(O)C6O)C(O)C5O)C(O)C4O)C(O)C3O. The van der Waals surface area contributed by atoms with Crippen molar-refractivity contribution in [2.75, 3.05) is 72.4 Å². The zero-order chi connectivity index (χ0) is 93.9. The standard InChI is InChI=1S/C77H127N7O44/c1-27(2)16-29(82-66(109)63-64(120-63)67(110)83-30(17-28(3)4)68(111)84-15-11-12-31(84)69(112)128-77(5,6)7)65(108)81-20-41(93)80-19-40(92)78-14-10-8-9-13-39(91)79-18-32-56-42(94)49(101)70(113-32)122-57-33(21-85)115-72(51(103)44(57)96)124-59-35(23-87)117-74(53(105)46(59)98)126-61-37(25-89)119-76(55(107)48(61)100)127-62-38(26-90)118-75(54(106)47(62)99)125-60-36(24-88)116-73(52(104)45(60)97)123-58-34(22-86)114-71(121-56)50(102)43(58)95/h27-38,42-64,70-76,85-90,94-107H,8-26H2,1-7H3,(H,78,92)(H,79,91)(H,80,93)(H,81,108)(H,82,109)(H,83,110). The highest BCUT2D eigenvalue weighted by Gasteiger charge is 2.61. The predicted molar refractivity (Wildman–Crippen MR) is 414 cm³/mol. The van der Waals surface area contributed by atoms with Crippen LogP contribution in [0.5, 0.6) is 0 Å². The molecule has 51 heteroatoms. The van der Waals surface area contributed by atoms with E-state index in [2.05, 4.69) is 31.9 Å². The van der Waals surface area contributed by atoms with E-state index in [1.807, 2.05) is 13.8 Å². The van der Waals surface area contributed by atoms with Crippen molar-refractivity contribution in [3.63, 3.8) is 0 Å². The lowest BCUT2D eigenvalue weighted by Gasteiger charge is -2.50. The van der Waals surface area contributed by atoms with Gasteiger partial charge in [0.2, 0.25) is 29.5 Å². The van der Waals surface area contributed by atoms with Crippen LogP contribution in [0.4, 0.5) is 0 Å². The summed E-state index contributed by atoms with van der Waals surface area (Å²) in [5, 5.41) is 241. The molecule has 26 N–H and O–H groups in total. The first-order valence-electron chi connectivity index (χ1n) is 42.8. The molecule has 7 amide bonds. The summed E-state index contributed by atoms with van der Waals surface area (Å²) in [7, 11) is 0. The first kappa shape index (κ1) is 104. The topological polar surface area (TPSA) is 768 Å². The summed E-state index contributed by atoms with van der Waals surface area (Å²) in [6.45, 7) is 4.12. The molecule has 0 aromatic carbocycles. The molecule has 40 unspecified atom stereocenters. The van der Waals surface area contributed by atoms with Gasteiger partial charge >= 0.3 is 5.97 Å². The van der Waals surface area contributed by atoms with Gasteiger partial charge in [-0.2, -0.15) is 0 Å². The number of ether oxygens (including phenoxy) is 16. The summed E-state index contributed by atoms with van der Waals surface area (Å²) >= 11 is 0. The summed E-state index contributed by atoms with van der Waals surface area (Å²) in [5.41, 5.74) is -0.803. The molecule has 734 valence electrons. The maximum Gasteiger partial charge on any atom is 0.329 e. The van der Waals surface area contributed by atoms with E-state index in [1.165, 1.54) is 4.90 Å². The Bertz CT molecular complexity index is 3590. The van der Waals surface area contributed by atoms with E-state index in [0.29, 0.717) is 12.8 Å². The molecule has 23 fully saturated rings. The minimum atomic E-state index is -2.34. The normalized spacial score (nSPS) is 41.2. The maximum atomic E-state index is 13.9. The van der Waals surface area contributed by atoms with Gasteiger partial charge in [-0.25, -0.2) is 4.79 Å². The largest absolute Gasteiger partial charge is 0.458 e. The molecule has 23 aliphatic heterocycles. The van der Waals surface area contributed by atoms with Crippen LogP contribution >= 0.6 is 0 Å². The van der Waals surface area contributed by atoms with Gasteiger partial charge in [-0.3, -0.25) is 33.6 Å². The van der Waals surface area contributed by atoms with E-state index in [-0.39, 0.29) is 63.5 Å². The summed E-state index contributed by atoms with van der Waals surface area (Å²) in [5.74, 6) is -5.80. The van der Waals surface area contributed by atoms with Crippen molar-refractivity contribution < 1.29 is 216 Å². The zero-order valence-electron chi connectivity index (χ0n) is 71.4. The fraction of sp³-hybridized carbons (Fsp3) is 0.896. The number of nitrogens with one attached hydrogen (secondary N) is 6. The fourth-order valence-corrected chi connectivity index (χ4v) is 16.4. The Morgan fingerprint density at radius 3 is 1.02 bits per heavy atom. The summed E-state index contributed by atoms with van der Waals surface area (Å²) < 4.78 is 92.5. The lowest BCUT2D eigenvalue weighted by Crippen LogP contribution is -2.68. The van der Waals surface area contributed by atoms with Crippen LogP contribution in [0.1, 0.15) is 99.8 Å². The maximum absolute atomic E-state index is 13.9. The number of esters is 1. The van der Waals surface area contributed by atoms with E-state index in [9.17, 15) is 140 Å². The number of epoxide rings is 1. The molecule has 0 spiro atoms. The summed E-state index contributed by atoms with van der Waals surface area (Å²) in [4.78, 5) is 108. The summed E-state index contributed by atoms with van der Waals surface area (Å²) in [6, 6.07) is -3.12. The number of likely N-dealkylation sites (tertiary alicyclic amines) is 1. The first-order chi connectivity index (χ1) is 60.6. The summed E-state index contributed by atoms with van der Waals surface area (Å²) in [6.07, 6.45) is -74.2. The van der Waals surface area contributed by atoms with Gasteiger partial charge in [0.1, 0.15) is 195 Å². The number of aliphatic hydroxyl groups excluding tert-OH is 20. The van der Waals surface area contributed by atoms with Crippen molar-refractivity contribution in [1.29, 1.82) is 0 Å². The second-order valence-electron chi connectivity index (χ2n) is 35.0. The predicted octanol–water partition coefficient (Wildman–Crippen LogP) is -15.0. The number of rotatable bonds is 29. The Morgan fingerprint density at radius 2 is 0.680 bits per heavy atom. The molecule has 40 atom stereocenters. The number of hydrogen-bond acceptors (Lipinski definition) is 44. The molecular formula is C77H127N7O44. The lowest BCUT2D eigenvalue weighted by molar-refractivity contribution is -0.396. The van der Waals surface area contributed by atoms with Gasteiger partial charge in [0.15, 0.2) is 56.2 Å². The zero-order valence-corrected chi connectivity index (χ0v) is 71.4. The van der Waals surface area contributed by atoms with Crippen molar-refractivity contribution in [3.05, 3.63) is 0 Å². The Hall–Kier alpha value is -5.64. The molecule has 14 bridgehead atoms. The van der Waals surface area contributed by atoms with E-state index in [1.54, 1.807) is 34.6 Å². The smallest absolute Gasteiger partial charge is 0.329 e. The third-order valence-electron chi connectivity index (χ3n) is 23.3. The molecule has 0 aromatic rings. The van der Waals surface area contributed by atoms with Crippen LogP contribution in [0.3, 0.4) is 0 Å². The number of carbonyl (C=O) groups excluding carboxylic acids is 8. The Kier molecular flexibility index (Phi) is 38.0. The average molecular weight is 1850 g/mol. The van der Waals surface area contributed by atoms with Gasteiger partial charge in [0.25, 0.3) is 11.8 Å². The van der Waals surface area contributed by atoms with Crippen LogP contribution in [0, 0.1) is 11.8 Å². The van der Waals surface area contributed by atoms with Crippen molar-refractivity contribution in [1.82, 2.24) is 36.8 Å². The molecule has 23 saturated heterocycles. The molecule has 0 saturated carbocycles. The van der Waals surface area contributed by atoms with Crippen LogP contribution in [-0.4, -0.2) is 478 Å². The van der Waals surface area contributed by atoms with Crippen molar-refractivity contribution in [2.24, 2.45) is 11.8 Å². The van der Waals surface area contributed by atoms with Crippen molar-refractivity contribution in [2.45, 2.75) is 351 Å². The number of nitrogens with zero attached hydrogens (tertiary/aromatic N) is 1. The number of hydrogen-bond donors (Lipinski definition) is 26. The minimum Gasteiger partial charge on any atom is -0.458 e. The van der Waals surface area contributed by atoms with Gasteiger partial charge in [0.05, 0.1) is 52.7 Å². The monoisotopic (exact) mass is 1850 g/mol. The highest BCUT2D eigenvalue weighted by atomic mass is 16.8. The lowest BCUT2D eigenvalue weighted by atomic mass is 9.95. The number of aliphatic hydroxyl groups is 20. The molecule has 23 heterocycles. The van der Waals surface area contributed by atoms with Gasteiger partial charge in [-0.15, -0.1) is 0 Å². The number of amides is 7.